The molecule has 0 aliphatic rings. The average molecular weight is 311 g/mol. The van der Waals surface area contributed by atoms with Gasteiger partial charge in [-0.15, -0.1) is 10.2 Å². The Balaban J connectivity index is 2.25. The first-order valence-electron chi connectivity index (χ1n) is 6.61. The van der Waals surface area contributed by atoms with Crippen LogP contribution < -0.4 is 5.32 Å². The predicted molar refractivity (Wildman–Crippen MR) is 81.9 cm³/mol. The highest BCUT2D eigenvalue weighted by atomic mass is 32.2. The molecule has 0 amide bonds. The Labute approximate surface area is 127 Å². The third-order valence-corrected chi connectivity index (χ3v) is 4.82. The van der Waals surface area contributed by atoms with E-state index in [0.717, 1.165) is 27.2 Å². The van der Waals surface area contributed by atoms with E-state index in [2.05, 4.69) is 22.4 Å². The van der Waals surface area contributed by atoms with Gasteiger partial charge >= 0.3 is 0 Å². The van der Waals surface area contributed by atoms with Crippen LogP contribution in [0.15, 0.2) is 27.4 Å². The van der Waals surface area contributed by atoms with Gasteiger partial charge in [-0.1, -0.05) is 36.1 Å². The van der Waals surface area contributed by atoms with E-state index in [0.29, 0.717) is 5.56 Å². The van der Waals surface area contributed by atoms with Crippen molar-refractivity contribution in [3.63, 3.8) is 0 Å². The van der Waals surface area contributed by atoms with E-state index in [1.165, 1.54) is 29.2 Å². The van der Waals surface area contributed by atoms with Crippen molar-refractivity contribution in [1.82, 2.24) is 15.5 Å². The Morgan fingerprint density at radius 3 is 2.85 bits per heavy atom. The van der Waals surface area contributed by atoms with Crippen LogP contribution in [0.2, 0.25) is 0 Å². The molecule has 1 unspecified atom stereocenters. The second-order valence-electron chi connectivity index (χ2n) is 4.52. The molecule has 6 heteroatoms. The fraction of sp³-hybridized carbons (Fsp3) is 0.429. The summed E-state index contributed by atoms with van der Waals surface area (Å²) in [5, 5.41) is 12.3. The molecule has 0 aliphatic carbocycles. The minimum Gasteiger partial charge on any atom is -0.310 e. The highest BCUT2D eigenvalue weighted by Gasteiger charge is 2.17. The fourth-order valence-corrected chi connectivity index (χ4v) is 3.92. The number of nitrogens with one attached hydrogen (secondary N) is 1. The number of hydrogen-bond acceptors (Lipinski definition) is 5. The largest absolute Gasteiger partial charge is 0.310 e. The topological polar surface area (TPSA) is 37.8 Å². The summed E-state index contributed by atoms with van der Waals surface area (Å²) < 4.78 is 15.0. The molecule has 2 rings (SSSR count). The van der Waals surface area contributed by atoms with Crippen LogP contribution in [0.3, 0.4) is 0 Å². The number of aromatic nitrogens is 2. The van der Waals surface area contributed by atoms with Crippen molar-refractivity contribution in [2.24, 2.45) is 0 Å². The lowest BCUT2D eigenvalue weighted by molar-refractivity contribution is 0.519. The maximum atomic E-state index is 14.1. The molecule has 2 aromatic rings. The van der Waals surface area contributed by atoms with Gasteiger partial charge in [0.25, 0.3) is 0 Å². The van der Waals surface area contributed by atoms with Gasteiger partial charge in [-0.2, -0.15) is 0 Å². The summed E-state index contributed by atoms with van der Waals surface area (Å²) in [5.41, 5.74) is 0.707. The lowest BCUT2D eigenvalue weighted by Gasteiger charge is -2.17. The molecular weight excluding hydrogens is 293 g/mol. The summed E-state index contributed by atoms with van der Waals surface area (Å²) in [4.78, 5) is 0.900. The van der Waals surface area contributed by atoms with E-state index in [4.69, 9.17) is 0 Å². The van der Waals surface area contributed by atoms with Crippen molar-refractivity contribution in [2.75, 3.05) is 6.54 Å². The van der Waals surface area contributed by atoms with Crippen LogP contribution >= 0.6 is 23.1 Å². The highest BCUT2D eigenvalue weighted by Crippen LogP contribution is 2.35. The number of hydrogen-bond donors (Lipinski definition) is 1. The summed E-state index contributed by atoms with van der Waals surface area (Å²) in [6.45, 7) is 6.88. The van der Waals surface area contributed by atoms with E-state index in [1.54, 1.807) is 6.07 Å². The number of benzene rings is 1. The molecule has 1 aromatic heterocycles. The summed E-state index contributed by atoms with van der Waals surface area (Å²) in [7, 11) is 0. The zero-order valence-electron chi connectivity index (χ0n) is 11.8. The van der Waals surface area contributed by atoms with Crippen LogP contribution in [-0.4, -0.2) is 16.7 Å². The Morgan fingerprint density at radius 2 is 2.20 bits per heavy atom. The molecular formula is C14H18FN3S2. The van der Waals surface area contributed by atoms with Gasteiger partial charge < -0.3 is 5.32 Å². The molecule has 0 saturated carbocycles. The predicted octanol–water partition coefficient (Wildman–Crippen LogP) is 4.20. The Bertz CT molecular complexity index is 571. The quantitative estimate of drug-likeness (QED) is 0.867. The highest BCUT2D eigenvalue weighted by molar-refractivity contribution is 8.01. The van der Waals surface area contributed by atoms with Crippen molar-refractivity contribution < 1.29 is 4.39 Å². The minimum absolute atomic E-state index is 0.0207. The van der Waals surface area contributed by atoms with Gasteiger partial charge in [0.1, 0.15) is 10.8 Å². The molecule has 3 nitrogen and oxygen atoms in total. The second kappa shape index (κ2) is 7.15. The molecule has 1 atom stereocenters. The van der Waals surface area contributed by atoms with Gasteiger partial charge in [-0.3, -0.25) is 0 Å². The van der Waals surface area contributed by atoms with Crippen LogP contribution in [0.4, 0.5) is 4.39 Å². The normalized spacial score (nSPS) is 12.6. The summed E-state index contributed by atoms with van der Waals surface area (Å²) in [6, 6.07) is 5.16. The molecule has 1 aromatic carbocycles. The first kappa shape index (κ1) is 15.4. The fourth-order valence-electron chi connectivity index (χ4n) is 1.90. The van der Waals surface area contributed by atoms with Crippen LogP contribution in [0.5, 0.6) is 0 Å². The van der Waals surface area contributed by atoms with Gasteiger partial charge in [0, 0.05) is 16.5 Å². The second-order valence-corrected chi connectivity index (χ2v) is 6.99. The van der Waals surface area contributed by atoms with Crippen molar-refractivity contribution in [1.29, 1.82) is 0 Å². The standard InChI is InChI=1S/C14H18FN3S2/c1-4-8-16-9(2)13-11(15)6-5-7-12(13)20-14-18-17-10(3)19-14/h5-7,9,16H,4,8H2,1-3H3. The molecule has 0 spiro atoms. The minimum atomic E-state index is -0.174. The first-order valence-corrected chi connectivity index (χ1v) is 8.25. The smallest absolute Gasteiger partial charge is 0.179 e. The lowest BCUT2D eigenvalue weighted by atomic mass is 10.1. The average Bonchev–Trinajstić information content (AvgIpc) is 2.81. The zero-order chi connectivity index (χ0) is 14.5. The van der Waals surface area contributed by atoms with Crippen molar-refractivity contribution in [3.05, 3.63) is 34.6 Å². The van der Waals surface area contributed by atoms with Gasteiger partial charge in [0.15, 0.2) is 4.34 Å². The molecule has 0 fully saturated rings. The van der Waals surface area contributed by atoms with Crippen LogP contribution in [0.1, 0.15) is 36.9 Å². The number of aryl methyl sites for hydroxylation is 1. The van der Waals surface area contributed by atoms with E-state index < -0.39 is 0 Å². The SMILES string of the molecule is CCCNC(C)c1c(F)cccc1Sc1nnc(C)s1. The summed E-state index contributed by atoms with van der Waals surface area (Å²) in [6.07, 6.45) is 1.02. The number of halogens is 1. The number of nitrogens with zero attached hydrogens (tertiary/aromatic N) is 2. The summed E-state index contributed by atoms with van der Waals surface area (Å²) >= 11 is 3.00. The maximum absolute atomic E-state index is 14.1. The molecule has 0 bridgehead atoms. The summed E-state index contributed by atoms with van der Waals surface area (Å²) in [5.74, 6) is -0.174. The van der Waals surface area contributed by atoms with E-state index in [-0.39, 0.29) is 11.9 Å². The van der Waals surface area contributed by atoms with Gasteiger partial charge in [0.05, 0.1) is 0 Å². The Hall–Kier alpha value is -0.980. The zero-order valence-corrected chi connectivity index (χ0v) is 13.4. The van der Waals surface area contributed by atoms with E-state index in [1.807, 2.05) is 19.9 Å². The van der Waals surface area contributed by atoms with Gasteiger partial charge in [0.2, 0.25) is 0 Å². The Morgan fingerprint density at radius 1 is 1.40 bits per heavy atom. The van der Waals surface area contributed by atoms with Crippen molar-refractivity contribution in [2.45, 2.75) is 42.5 Å². The maximum Gasteiger partial charge on any atom is 0.179 e. The third-order valence-electron chi connectivity index (χ3n) is 2.85. The van der Waals surface area contributed by atoms with Crippen molar-refractivity contribution >= 4 is 23.1 Å². The first-order chi connectivity index (χ1) is 9.61. The number of rotatable bonds is 6. The van der Waals surface area contributed by atoms with E-state index >= 15 is 0 Å². The van der Waals surface area contributed by atoms with Crippen LogP contribution in [0.25, 0.3) is 0 Å². The van der Waals surface area contributed by atoms with Gasteiger partial charge in [-0.05, 0) is 38.9 Å². The van der Waals surface area contributed by atoms with Gasteiger partial charge in [-0.25, -0.2) is 4.39 Å². The van der Waals surface area contributed by atoms with Crippen LogP contribution in [-0.2, 0) is 0 Å². The molecule has 1 N–H and O–H groups in total. The molecule has 108 valence electrons. The van der Waals surface area contributed by atoms with E-state index in [9.17, 15) is 4.39 Å². The van der Waals surface area contributed by atoms with Crippen LogP contribution in [0, 0.1) is 12.7 Å². The molecule has 20 heavy (non-hydrogen) atoms. The molecule has 0 radical (unpaired) electrons. The molecule has 0 aliphatic heterocycles. The molecule has 1 heterocycles. The Kier molecular flexibility index (Phi) is 5.51. The monoisotopic (exact) mass is 311 g/mol. The lowest BCUT2D eigenvalue weighted by Crippen LogP contribution is -2.20. The molecule has 0 saturated heterocycles. The third kappa shape index (κ3) is 3.77. The van der Waals surface area contributed by atoms with Crippen molar-refractivity contribution in [3.8, 4) is 0 Å².